The van der Waals surface area contributed by atoms with Gasteiger partial charge in [0.1, 0.15) is 0 Å². The highest BCUT2D eigenvalue weighted by Crippen LogP contribution is 2.32. The fourth-order valence-electron chi connectivity index (χ4n) is 1.60. The highest BCUT2D eigenvalue weighted by atomic mass is 19.4. The molecule has 100 valence electrons. The smallest absolute Gasteiger partial charge is 0.305 e. The van der Waals surface area contributed by atoms with Gasteiger partial charge in [-0.3, -0.25) is 9.89 Å². The Labute approximate surface area is 106 Å². The lowest BCUT2D eigenvalue weighted by Gasteiger charge is -2.06. The van der Waals surface area contributed by atoms with Crippen LogP contribution in [0.15, 0.2) is 30.4 Å². The van der Waals surface area contributed by atoms with Crippen molar-refractivity contribution in [3.05, 3.63) is 35.9 Å². The number of hydrogen-bond donors (Lipinski definition) is 2. The van der Waals surface area contributed by atoms with Gasteiger partial charge in [-0.1, -0.05) is 6.08 Å². The highest BCUT2D eigenvalue weighted by molar-refractivity contribution is 6.04. The monoisotopic (exact) mass is 269 g/mol. The number of carbonyl (C=O) groups is 1. The quantitative estimate of drug-likeness (QED) is 0.823. The Bertz CT molecular complexity index is 643. The summed E-state index contributed by atoms with van der Waals surface area (Å²) in [5.74, 6) is -0.377. The van der Waals surface area contributed by atoms with E-state index in [9.17, 15) is 18.0 Å². The molecular weight excluding hydrogens is 259 g/mol. The summed E-state index contributed by atoms with van der Waals surface area (Å²) in [6, 6.07) is 3.18. The first-order chi connectivity index (χ1) is 8.91. The van der Waals surface area contributed by atoms with E-state index in [1.807, 2.05) is 0 Å². The number of hydrogen-bond acceptors (Lipinski definition) is 2. The fourth-order valence-corrected chi connectivity index (χ4v) is 1.60. The molecule has 0 spiro atoms. The molecule has 0 atom stereocenters. The molecule has 4 nitrogen and oxygen atoms in total. The van der Waals surface area contributed by atoms with E-state index in [0.717, 1.165) is 12.1 Å². The molecule has 2 N–H and O–H groups in total. The standard InChI is InChI=1S/C12H10F3N3O/c1-2-3-10(19)16-11-8-6-7(12(13,14)15)4-5-9(8)17-18-11/h2-6H,1H3,(H2,16,17,18,19)/b3-2-. The second-order valence-electron chi connectivity index (χ2n) is 3.82. The lowest BCUT2D eigenvalue weighted by atomic mass is 10.1. The number of benzene rings is 1. The summed E-state index contributed by atoms with van der Waals surface area (Å²) in [5, 5.41) is 8.97. The molecule has 7 heteroatoms. The van der Waals surface area contributed by atoms with E-state index < -0.39 is 17.6 Å². The summed E-state index contributed by atoms with van der Waals surface area (Å²) in [7, 11) is 0. The van der Waals surface area contributed by atoms with Crippen LogP contribution in [-0.2, 0) is 11.0 Å². The van der Waals surface area contributed by atoms with Gasteiger partial charge in [0.15, 0.2) is 5.82 Å². The molecular formula is C12H10F3N3O. The molecule has 0 radical (unpaired) electrons. The first-order valence-corrected chi connectivity index (χ1v) is 5.41. The number of allylic oxidation sites excluding steroid dienone is 1. The topological polar surface area (TPSA) is 57.8 Å². The van der Waals surface area contributed by atoms with Gasteiger partial charge in [-0.15, -0.1) is 0 Å². The van der Waals surface area contributed by atoms with E-state index >= 15 is 0 Å². The number of aromatic nitrogens is 2. The van der Waals surface area contributed by atoms with Crippen LogP contribution in [0.25, 0.3) is 10.9 Å². The molecule has 0 saturated carbocycles. The summed E-state index contributed by atoms with van der Waals surface area (Å²) >= 11 is 0. The van der Waals surface area contributed by atoms with E-state index in [1.165, 1.54) is 18.2 Å². The maximum Gasteiger partial charge on any atom is 0.416 e. The van der Waals surface area contributed by atoms with Gasteiger partial charge < -0.3 is 5.32 Å². The summed E-state index contributed by atoms with van der Waals surface area (Å²) in [6.45, 7) is 1.66. The van der Waals surface area contributed by atoms with Crippen LogP contribution in [-0.4, -0.2) is 16.1 Å². The predicted molar refractivity (Wildman–Crippen MR) is 64.5 cm³/mol. The van der Waals surface area contributed by atoms with Crippen molar-refractivity contribution < 1.29 is 18.0 Å². The Morgan fingerprint density at radius 1 is 1.42 bits per heavy atom. The van der Waals surface area contributed by atoms with Gasteiger partial charge in [0, 0.05) is 5.39 Å². The molecule has 2 rings (SSSR count). The largest absolute Gasteiger partial charge is 0.416 e. The molecule has 0 aliphatic carbocycles. The third-order valence-corrected chi connectivity index (χ3v) is 2.45. The normalized spacial score (nSPS) is 12.2. The minimum absolute atomic E-state index is 0.0733. The number of rotatable bonds is 2. The number of alkyl halides is 3. The fraction of sp³-hybridized carbons (Fsp3) is 0.167. The SMILES string of the molecule is C/C=C\C(=O)Nc1n[nH]c2ccc(C(F)(F)F)cc12. The number of aromatic amines is 1. The summed E-state index contributed by atoms with van der Waals surface area (Å²) in [4.78, 5) is 11.4. The molecule has 1 amide bonds. The van der Waals surface area contributed by atoms with Crippen molar-refractivity contribution in [2.45, 2.75) is 13.1 Å². The lowest BCUT2D eigenvalue weighted by Crippen LogP contribution is -2.08. The van der Waals surface area contributed by atoms with Gasteiger partial charge >= 0.3 is 6.18 Å². The van der Waals surface area contributed by atoms with Crippen LogP contribution in [0, 0.1) is 0 Å². The number of nitrogens with one attached hydrogen (secondary N) is 2. The minimum atomic E-state index is -4.43. The summed E-state index contributed by atoms with van der Waals surface area (Å²) in [5.41, 5.74) is -0.369. The van der Waals surface area contributed by atoms with Crippen LogP contribution in [0.5, 0.6) is 0 Å². The van der Waals surface area contributed by atoms with Crippen LogP contribution in [0.1, 0.15) is 12.5 Å². The van der Waals surface area contributed by atoms with Crippen molar-refractivity contribution in [2.24, 2.45) is 0 Å². The average Bonchev–Trinajstić information content (AvgIpc) is 2.71. The molecule has 0 aliphatic rings. The zero-order valence-corrected chi connectivity index (χ0v) is 9.88. The molecule has 1 aromatic heterocycles. The first-order valence-electron chi connectivity index (χ1n) is 5.41. The van der Waals surface area contributed by atoms with Gasteiger partial charge in [-0.2, -0.15) is 18.3 Å². The van der Waals surface area contributed by atoms with Gasteiger partial charge in [0.25, 0.3) is 0 Å². The average molecular weight is 269 g/mol. The number of amides is 1. The maximum atomic E-state index is 12.6. The van der Waals surface area contributed by atoms with E-state index in [1.54, 1.807) is 6.92 Å². The molecule has 1 heterocycles. The number of H-pyrrole nitrogens is 1. The minimum Gasteiger partial charge on any atom is -0.305 e. The number of carbonyl (C=O) groups excluding carboxylic acids is 1. The van der Waals surface area contributed by atoms with Crippen molar-refractivity contribution in [1.82, 2.24) is 10.2 Å². The molecule has 0 saturated heterocycles. The Morgan fingerprint density at radius 3 is 2.79 bits per heavy atom. The third-order valence-electron chi connectivity index (χ3n) is 2.45. The number of anilines is 1. The number of halogens is 3. The van der Waals surface area contributed by atoms with Crippen LogP contribution < -0.4 is 5.32 Å². The van der Waals surface area contributed by atoms with Crippen LogP contribution in [0.2, 0.25) is 0 Å². The van der Waals surface area contributed by atoms with Gasteiger partial charge in [-0.05, 0) is 31.2 Å². The van der Waals surface area contributed by atoms with Gasteiger partial charge in [0.2, 0.25) is 5.91 Å². The predicted octanol–water partition coefficient (Wildman–Crippen LogP) is 3.10. The molecule has 0 aliphatic heterocycles. The van der Waals surface area contributed by atoms with Gasteiger partial charge in [-0.25, -0.2) is 0 Å². The summed E-state index contributed by atoms with van der Waals surface area (Å²) in [6.07, 6.45) is -1.66. The van der Waals surface area contributed by atoms with E-state index in [4.69, 9.17) is 0 Å². The Kier molecular flexibility index (Phi) is 3.28. The highest BCUT2D eigenvalue weighted by Gasteiger charge is 2.30. The van der Waals surface area contributed by atoms with Crippen LogP contribution in [0.3, 0.4) is 0 Å². The van der Waals surface area contributed by atoms with E-state index in [0.29, 0.717) is 5.52 Å². The summed E-state index contributed by atoms with van der Waals surface area (Å²) < 4.78 is 37.8. The van der Waals surface area contributed by atoms with Crippen LogP contribution in [0.4, 0.5) is 19.0 Å². The Morgan fingerprint density at radius 2 is 2.16 bits per heavy atom. The zero-order valence-electron chi connectivity index (χ0n) is 9.88. The molecule has 0 fully saturated rings. The van der Waals surface area contributed by atoms with Crippen molar-refractivity contribution in [2.75, 3.05) is 5.32 Å². The Balaban J connectivity index is 2.43. The van der Waals surface area contributed by atoms with Crippen molar-refractivity contribution in [3.63, 3.8) is 0 Å². The van der Waals surface area contributed by atoms with E-state index in [-0.39, 0.29) is 11.2 Å². The lowest BCUT2D eigenvalue weighted by molar-refractivity contribution is -0.137. The van der Waals surface area contributed by atoms with Crippen LogP contribution >= 0.6 is 0 Å². The Hall–Kier alpha value is -2.31. The second-order valence-corrected chi connectivity index (χ2v) is 3.82. The van der Waals surface area contributed by atoms with E-state index in [2.05, 4.69) is 15.5 Å². The molecule has 1 aromatic carbocycles. The number of nitrogens with zero attached hydrogens (tertiary/aromatic N) is 1. The van der Waals surface area contributed by atoms with Crippen molar-refractivity contribution in [3.8, 4) is 0 Å². The molecule has 2 aromatic rings. The molecule has 0 unspecified atom stereocenters. The zero-order chi connectivity index (χ0) is 14.0. The third kappa shape index (κ3) is 2.75. The number of fused-ring (bicyclic) bond motifs is 1. The second kappa shape index (κ2) is 4.75. The first kappa shape index (κ1) is 13.1. The maximum absolute atomic E-state index is 12.6. The molecule has 0 bridgehead atoms. The van der Waals surface area contributed by atoms with Crippen molar-refractivity contribution >= 4 is 22.6 Å². The molecule has 19 heavy (non-hydrogen) atoms. The van der Waals surface area contributed by atoms with Gasteiger partial charge in [0.05, 0.1) is 11.1 Å². The van der Waals surface area contributed by atoms with Crippen molar-refractivity contribution in [1.29, 1.82) is 0 Å².